The van der Waals surface area contributed by atoms with E-state index in [1.165, 1.54) is 6.07 Å². The van der Waals surface area contributed by atoms with Crippen LogP contribution in [-0.2, 0) is 14.8 Å². The SMILES string of the molecule is Cc1cc(S(=O)(=O)NC[C@@]2(C)CCC(=O)N2)c(C)o1. The Bertz CT molecular complexity index is 605. The molecule has 19 heavy (non-hydrogen) atoms. The standard InChI is InChI=1S/C12H18N2O4S/c1-8-6-10(9(2)18-8)19(16,17)13-7-12(3)5-4-11(15)14-12/h6,13H,4-5,7H2,1-3H3,(H,14,15)/t12-/m1/s1. The van der Waals surface area contributed by atoms with Gasteiger partial charge in [-0.25, -0.2) is 13.1 Å². The minimum absolute atomic E-state index is 0.0444. The molecule has 1 aliphatic heterocycles. The van der Waals surface area contributed by atoms with Gasteiger partial charge >= 0.3 is 0 Å². The molecule has 1 saturated heterocycles. The lowest BCUT2D eigenvalue weighted by atomic mass is 10.0. The van der Waals surface area contributed by atoms with Crippen LogP contribution in [0.25, 0.3) is 0 Å². The molecule has 1 aromatic heterocycles. The molecule has 0 unspecified atom stereocenters. The Morgan fingerprint density at radius 1 is 1.47 bits per heavy atom. The lowest BCUT2D eigenvalue weighted by Gasteiger charge is -2.23. The van der Waals surface area contributed by atoms with Gasteiger partial charge in [-0.1, -0.05) is 0 Å². The van der Waals surface area contributed by atoms with Crippen molar-refractivity contribution in [2.24, 2.45) is 0 Å². The Balaban J connectivity index is 2.10. The highest BCUT2D eigenvalue weighted by Gasteiger charge is 2.34. The fraction of sp³-hybridized carbons (Fsp3) is 0.583. The van der Waals surface area contributed by atoms with Gasteiger partial charge in [0, 0.05) is 13.0 Å². The van der Waals surface area contributed by atoms with Crippen LogP contribution < -0.4 is 10.0 Å². The summed E-state index contributed by atoms with van der Waals surface area (Å²) in [4.78, 5) is 11.4. The highest BCUT2D eigenvalue weighted by atomic mass is 32.2. The molecule has 106 valence electrons. The third-order valence-electron chi connectivity index (χ3n) is 3.28. The van der Waals surface area contributed by atoms with Crippen molar-refractivity contribution in [3.8, 4) is 0 Å². The number of rotatable bonds is 4. The fourth-order valence-electron chi connectivity index (χ4n) is 2.19. The van der Waals surface area contributed by atoms with Gasteiger partial charge in [0.1, 0.15) is 16.4 Å². The van der Waals surface area contributed by atoms with Gasteiger partial charge in [-0.05, 0) is 33.3 Å². The Hall–Kier alpha value is -1.34. The number of sulfonamides is 1. The molecule has 0 saturated carbocycles. The van der Waals surface area contributed by atoms with Crippen molar-refractivity contribution >= 4 is 15.9 Å². The number of furan rings is 1. The van der Waals surface area contributed by atoms with Crippen LogP contribution in [0.15, 0.2) is 15.4 Å². The van der Waals surface area contributed by atoms with E-state index in [0.29, 0.717) is 24.4 Å². The second kappa shape index (κ2) is 4.64. The molecule has 1 fully saturated rings. The van der Waals surface area contributed by atoms with Crippen molar-refractivity contribution < 1.29 is 17.6 Å². The number of hydrogen-bond donors (Lipinski definition) is 2. The van der Waals surface area contributed by atoms with Crippen LogP contribution in [-0.4, -0.2) is 26.4 Å². The van der Waals surface area contributed by atoms with E-state index in [1.54, 1.807) is 13.8 Å². The predicted octanol–water partition coefficient (Wildman–Crippen LogP) is 0.843. The van der Waals surface area contributed by atoms with Crippen molar-refractivity contribution in [1.29, 1.82) is 0 Å². The first-order valence-electron chi connectivity index (χ1n) is 6.10. The molecule has 7 heteroatoms. The van der Waals surface area contributed by atoms with Crippen molar-refractivity contribution in [2.75, 3.05) is 6.54 Å². The average Bonchev–Trinajstić information content (AvgIpc) is 2.81. The highest BCUT2D eigenvalue weighted by molar-refractivity contribution is 7.89. The molecular weight excluding hydrogens is 268 g/mol. The first-order valence-corrected chi connectivity index (χ1v) is 7.58. The van der Waals surface area contributed by atoms with E-state index in [0.717, 1.165) is 0 Å². The van der Waals surface area contributed by atoms with Crippen molar-refractivity contribution in [2.45, 2.75) is 44.0 Å². The molecule has 1 amide bonds. The number of nitrogens with one attached hydrogen (secondary N) is 2. The topological polar surface area (TPSA) is 88.4 Å². The fourth-order valence-corrected chi connectivity index (χ4v) is 3.60. The number of carbonyl (C=O) groups excluding carboxylic acids is 1. The molecule has 1 atom stereocenters. The van der Waals surface area contributed by atoms with Crippen LogP contribution in [0.5, 0.6) is 0 Å². The molecule has 6 nitrogen and oxygen atoms in total. The summed E-state index contributed by atoms with van der Waals surface area (Å²) in [7, 11) is -3.61. The van der Waals surface area contributed by atoms with E-state index < -0.39 is 15.6 Å². The minimum Gasteiger partial charge on any atom is -0.465 e. The Morgan fingerprint density at radius 2 is 2.16 bits per heavy atom. The quantitative estimate of drug-likeness (QED) is 0.858. The normalized spacial score (nSPS) is 23.6. The summed E-state index contributed by atoms with van der Waals surface area (Å²) in [6, 6.07) is 1.49. The third-order valence-corrected chi connectivity index (χ3v) is 4.79. The predicted molar refractivity (Wildman–Crippen MR) is 69.2 cm³/mol. The van der Waals surface area contributed by atoms with E-state index in [-0.39, 0.29) is 17.3 Å². The van der Waals surface area contributed by atoms with Crippen molar-refractivity contribution in [3.05, 3.63) is 17.6 Å². The molecular formula is C12H18N2O4S. The Kier molecular flexibility index (Phi) is 3.44. The van der Waals surface area contributed by atoms with E-state index >= 15 is 0 Å². The lowest BCUT2D eigenvalue weighted by Crippen LogP contribution is -2.48. The lowest BCUT2D eigenvalue weighted by molar-refractivity contribution is -0.119. The summed E-state index contributed by atoms with van der Waals surface area (Å²) < 4.78 is 32.1. The molecule has 0 aromatic carbocycles. The first-order chi connectivity index (χ1) is 8.72. The maximum atomic E-state index is 12.2. The molecule has 0 aliphatic carbocycles. The van der Waals surface area contributed by atoms with E-state index in [4.69, 9.17) is 4.42 Å². The summed E-state index contributed by atoms with van der Waals surface area (Å²) in [5.41, 5.74) is -0.517. The van der Waals surface area contributed by atoms with E-state index in [1.807, 2.05) is 6.92 Å². The summed E-state index contributed by atoms with van der Waals surface area (Å²) in [5, 5.41) is 2.78. The van der Waals surface area contributed by atoms with Gasteiger partial charge in [0.2, 0.25) is 15.9 Å². The molecule has 1 aliphatic rings. The monoisotopic (exact) mass is 286 g/mol. The van der Waals surface area contributed by atoms with Crippen LogP contribution >= 0.6 is 0 Å². The van der Waals surface area contributed by atoms with E-state index in [9.17, 15) is 13.2 Å². The molecule has 0 bridgehead atoms. The zero-order valence-corrected chi connectivity index (χ0v) is 12.1. The van der Waals surface area contributed by atoms with Gasteiger partial charge < -0.3 is 9.73 Å². The molecule has 2 heterocycles. The zero-order chi connectivity index (χ0) is 14.3. The largest absolute Gasteiger partial charge is 0.465 e. The Labute approximate surface area is 112 Å². The average molecular weight is 286 g/mol. The summed E-state index contributed by atoms with van der Waals surface area (Å²) in [6.45, 7) is 5.31. The van der Waals surface area contributed by atoms with Crippen LogP contribution in [0.3, 0.4) is 0 Å². The van der Waals surface area contributed by atoms with Gasteiger partial charge in [-0.3, -0.25) is 4.79 Å². The summed E-state index contributed by atoms with van der Waals surface area (Å²) in [6.07, 6.45) is 1.06. The van der Waals surface area contributed by atoms with Gasteiger partial charge in [0.25, 0.3) is 0 Å². The minimum atomic E-state index is -3.61. The second-order valence-corrected chi connectivity index (χ2v) is 6.95. The molecule has 1 aromatic rings. The molecule has 2 N–H and O–H groups in total. The number of amides is 1. The van der Waals surface area contributed by atoms with Crippen LogP contribution in [0.1, 0.15) is 31.3 Å². The first kappa shape index (κ1) is 14.1. The summed E-state index contributed by atoms with van der Waals surface area (Å²) >= 11 is 0. The van der Waals surface area contributed by atoms with Crippen LogP contribution in [0.4, 0.5) is 0 Å². The summed E-state index contributed by atoms with van der Waals surface area (Å²) in [5.74, 6) is 0.876. The van der Waals surface area contributed by atoms with Crippen LogP contribution in [0.2, 0.25) is 0 Å². The smallest absolute Gasteiger partial charge is 0.244 e. The van der Waals surface area contributed by atoms with Gasteiger partial charge in [0.15, 0.2) is 0 Å². The molecule has 0 radical (unpaired) electrons. The number of hydrogen-bond acceptors (Lipinski definition) is 4. The number of carbonyl (C=O) groups is 1. The maximum Gasteiger partial charge on any atom is 0.244 e. The Morgan fingerprint density at radius 3 is 2.63 bits per heavy atom. The molecule has 2 rings (SSSR count). The van der Waals surface area contributed by atoms with Gasteiger partial charge in [-0.2, -0.15) is 0 Å². The van der Waals surface area contributed by atoms with Crippen molar-refractivity contribution in [3.63, 3.8) is 0 Å². The van der Waals surface area contributed by atoms with Gasteiger partial charge in [0.05, 0.1) is 5.54 Å². The number of aryl methyl sites for hydroxylation is 2. The second-order valence-electron chi connectivity index (χ2n) is 5.21. The van der Waals surface area contributed by atoms with E-state index in [2.05, 4.69) is 10.0 Å². The zero-order valence-electron chi connectivity index (χ0n) is 11.2. The van der Waals surface area contributed by atoms with Crippen LogP contribution in [0, 0.1) is 13.8 Å². The van der Waals surface area contributed by atoms with Crippen molar-refractivity contribution in [1.82, 2.24) is 10.0 Å². The maximum absolute atomic E-state index is 12.2. The highest BCUT2D eigenvalue weighted by Crippen LogP contribution is 2.22. The molecule has 0 spiro atoms. The third kappa shape index (κ3) is 2.98. The van der Waals surface area contributed by atoms with Gasteiger partial charge in [-0.15, -0.1) is 0 Å².